The van der Waals surface area contributed by atoms with E-state index in [9.17, 15) is 18.0 Å². The Labute approximate surface area is 140 Å². The van der Waals surface area contributed by atoms with E-state index in [2.05, 4.69) is 20.6 Å². The molecule has 3 rings (SSSR count). The van der Waals surface area contributed by atoms with Gasteiger partial charge in [0.2, 0.25) is 5.95 Å². The average Bonchev–Trinajstić information content (AvgIpc) is 2.58. The normalized spacial score (nSPS) is 10.4. The van der Waals surface area contributed by atoms with Crippen LogP contribution < -0.4 is 10.6 Å². The SMILES string of the molecule is O=C(Nc1ccc(F)c(F)c1)c1ccnc(Nc2cccc(F)c2)n1. The Morgan fingerprint density at radius 1 is 0.920 bits per heavy atom. The molecule has 0 spiro atoms. The molecule has 2 aromatic carbocycles. The van der Waals surface area contributed by atoms with Crippen molar-refractivity contribution < 1.29 is 18.0 Å². The van der Waals surface area contributed by atoms with Gasteiger partial charge in [-0.15, -0.1) is 0 Å². The molecule has 5 nitrogen and oxygen atoms in total. The van der Waals surface area contributed by atoms with Crippen LogP contribution in [-0.4, -0.2) is 15.9 Å². The molecule has 0 atom stereocenters. The first-order chi connectivity index (χ1) is 12.0. The minimum atomic E-state index is -1.08. The van der Waals surface area contributed by atoms with Gasteiger partial charge in [0.05, 0.1) is 0 Å². The Kier molecular flexibility index (Phi) is 4.60. The van der Waals surface area contributed by atoms with E-state index in [1.807, 2.05) is 0 Å². The lowest BCUT2D eigenvalue weighted by atomic mass is 10.3. The smallest absolute Gasteiger partial charge is 0.274 e. The van der Waals surface area contributed by atoms with Crippen LogP contribution in [0.15, 0.2) is 54.7 Å². The van der Waals surface area contributed by atoms with Crippen molar-refractivity contribution in [2.24, 2.45) is 0 Å². The second kappa shape index (κ2) is 7.00. The van der Waals surface area contributed by atoms with Crippen molar-refractivity contribution in [2.45, 2.75) is 0 Å². The number of hydrogen-bond acceptors (Lipinski definition) is 4. The van der Waals surface area contributed by atoms with Gasteiger partial charge in [0.1, 0.15) is 11.5 Å². The summed E-state index contributed by atoms with van der Waals surface area (Å²) in [6.45, 7) is 0. The van der Waals surface area contributed by atoms with Crippen molar-refractivity contribution in [3.05, 3.63) is 77.9 Å². The zero-order chi connectivity index (χ0) is 17.8. The number of amides is 1. The van der Waals surface area contributed by atoms with Crippen LogP contribution in [0, 0.1) is 17.5 Å². The van der Waals surface area contributed by atoms with Crippen molar-refractivity contribution in [1.82, 2.24) is 9.97 Å². The molecule has 1 aromatic heterocycles. The molecule has 1 heterocycles. The molecule has 25 heavy (non-hydrogen) atoms. The highest BCUT2D eigenvalue weighted by Gasteiger charge is 2.11. The third kappa shape index (κ3) is 4.11. The van der Waals surface area contributed by atoms with Crippen LogP contribution in [0.4, 0.5) is 30.5 Å². The lowest BCUT2D eigenvalue weighted by Crippen LogP contribution is -2.15. The fourth-order valence-electron chi connectivity index (χ4n) is 2.01. The van der Waals surface area contributed by atoms with Gasteiger partial charge >= 0.3 is 0 Å². The molecule has 0 aliphatic rings. The average molecular weight is 344 g/mol. The Balaban J connectivity index is 1.76. The van der Waals surface area contributed by atoms with Crippen LogP contribution in [0.1, 0.15) is 10.5 Å². The number of benzene rings is 2. The highest BCUT2D eigenvalue weighted by Crippen LogP contribution is 2.16. The highest BCUT2D eigenvalue weighted by molar-refractivity contribution is 6.03. The largest absolute Gasteiger partial charge is 0.324 e. The maximum absolute atomic E-state index is 13.2. The van der Waals surface area contributed by atoms with E-state index >= 15 is 0 Å². The minimum Gasteiger partial charge on any atom is -0.324 e. The Hall–Kier alpha value is -3.42. The first kappa shape index (κ1) is 16.4. The summed E-state index contributed by atoms with van der Waals surface area (Å²) < 4.78 is 39.3. The van der Waals surface area contributed by atoms with E-state index in [1.54, 1.807) is 6.07 Å². The van der Waals surface area contributed by atoms with E-state index in [4.69, 9.17) is 0 Å². The Morgan fingerprint density at radius 2 is 1.76 bits per heavy atom. The lowest BCUT2D eigenvalue weighted by molar-refractivity contribution is 0.102. The van der Waals surface area contributed by atoms with Gasteiger partial charge in [-0.25, -0.2) is 23.1 Å². The van der Waals surface area contributed by atoms with Gasteiger partial charge in [0, 0.05) is 23.6 Å². The minimum absolute atomic E-state index is 0.00126. The Bertz CT molecular complexity index is 933. The van der Waals surface area contributed by atoms with Crippen molar-refractivity contribution in [2.75, 3.05) is 10.6 Å². The van der Waals surface area contributed by atoms with E-state index in [0.29, 0.717) is 5.69 Å². The van der Waals surface area contributed by atoms with Crippen LogP contribution >= 0.6 is 0 Å². The van der Waals surface area contributed by atoms with Gasteiger partial charge < -0.3 is 10.6 Å². The van der Waals surface area contributed by atoms with Crippen LogP contribution in [0.3, 0.4) is 0 Å². The summed E-state index contributed by atoms with van der Waals surface area (Å²) in [7, 11) is 0. The molecule has 0 unspecified atom stereocenters. The monoisotopic (exact) mass is 344 g/mol. The van der Waals surface area contributed by atoms with E-state index in [0.717, 1.165) is 12.1 Å². The zero-order valence-electron chi connectivity index (χ0n) is 12.6. The number of hydrogen-bond donors (Lipinski definition) is 2. The van der Waals surface area contributed by atoms with E-state index in [-0.39, 0.29) is 17.3 Å². The fraction of sp³-hybridized carbons (Fsp3) is 0. The molecule has 0 bridgehead atoms. The van der Waals surface area contributed by atoms with Gasteiger partial charge in [-0.2, -0.15) is 0 Å². The molecule has 8 heteroatoms. The number of anilines is 3. The molecular formula is C17H11F3N4O. The number of rotatable bonds is 4. The summed E-state index contributed by atoms with van der Waals surface area (Å²) in [6, 6.07) is 10.0. The third-order valence-electron chi connectivity index (χ3n) is 3.15. The van der Waals surface area contributed by atoms with Gasteiger partial charge in [0.15, 0.2) is 11.6 Å². The van der Waals surface area contributed by atoms with Crippen LogP contribution in [-0.2, 0) is 0 Å². The molecule has 0 radical (unpaired) electrons. The van der Waals surface area contributed by atoms with Gasteiger partial charge in [-0.1, -0.05) is 6.07 Å². The molecule has 0 aliphatic carbocycles. The summed E-state index contributed by atoms with van der Waals surface area (Å²) >= 11 is 0. The van der Waals surface area contributed by atoms with Gasteiger partial charge in [-0.3, -0.25) is 4.79 Å². The molecule has 2 N–H and O–H groups in total. The van der Waals surface area contributed by atoms with E-state index in [1.165, 1.54) is 36.5 Å². The van der Waals surface area contributed by atoms with Crippen LogP contribution in [0.5, 0.6) is 0 Å². The number of carbonyl (C=O) groups excluding carboxylic acids is 1. The highest BCUT2D eigenvalue weighted by atomic mass is 19.2. The first-order valence-electron chi connectivity index (χ1n) is 7.13. The maximum atomic E-state index is 13.2. The number of nitrogens with one attached hydrogen (secondary N) is 2. The third-order valence-corrected chi connectivity index (χ3v) is 3.15. The fourth-order valence-corrected chi connectivity index (χ4v) is 2.01. The summed E-state index contributed by atoms with van der Waals surface area (Å²) in [5, 5.41) is 5.17. The molecule has 3 aromatic rings. The van der Waals surface area contributed by atoms with E-state index < -0.39 is 23.4 Å². The van der Waals surface area contributed by atoms with Crippen molar-refractivity contribution in [3.8, 4) is 0 Å². The molecule has 0 saturated carbocycles. The van der Waals surface area contributed by atoms with Gasteiger partial charge in [0.25, 0.3) is 5.91 Å². The zero-order valence-corrected chi connectivity index (χ0v) is 12.6. The van der Waals surface area contributed by atoms with Crippen LogP contribution in [0.2, 0.25) is 0 Å². The molecule has 1 amide bonds. The maximum Gasteiger partial charge on any atom is 0.274 e. The van der Waals surface area contributed by atoms with Crippen molar-refractivity contribution in [1.29, 1.82) is 0 Å². The standard InChI is InChI=1S/C17H11F3N4O/c18-10-2-1-3-11(8-10)23-17-21-7-6-15(24-17)16(25)22-12-4-5-13(19)14(20)9-12/h1-9H,(H,22,25)(H,21,23,24). The number of aromatic nitrogens is 2. The second-order valence-corrected chi connectivity index (χ2v) is 4.98. The van der Waals surface area contributed by atoms with Gasteiger partial charge in [-0.05, 0) is 36.4 Å². The predicted molar refractivity (Wildman–Crippen MR) is 86.0 cm³/mol. The number of halogens is 3. The molecule has 0 aliphatic heterocycles. The van der Waals surface area contributed by atoms with Crippen molar-refractivity contribution in [3.63, 3.8) is 0 Å². The number of nitrogens with zero attached hydrogens (tertiary/aromatic N) is 2. The summed E-state index contributed by atoms with van der Waals surface area (Å²) in [6.07, 6.45) is 1.34. The summed E-state index contributed by atoms with van der Waals surface area (Å²) in [5.41, 5.74) is 0.499. The molecule has 0 saturated heterocycles. The molecular weight excluding hydrogens is 333 g/mol. The van der Waals surface area contributed by atoms with Crippen LogP contribution in [0.25, 0.3) is 0 Å². The molecule has 126 valence electrons. The topological polar surface area (TPSA) is 66.9 Å². The number of carbonyl (C=O) groups is 1. The predicted octanol–water partition coefficient (Wildman–Crippen LogP) is 3.89. The first-order valence-corrected chi connectivity index (χ1v) is 7.13. The molecule has 0 fully saturated rings. The van der Waals surface area contributed by atoms with Crippen molar-refractivity contribution >= 4 is 23.2 Å². The quantitative estimate of drug-likeness (QED) is 0.753. The summed E-state index contributed by atoms with van der Waals surface area (Å²) in [4.78, 5) is 20.1. The lowest BCUT2D eigenvalue weighted by Gasteiger charge is -2.08. The second-order valence-electron chi connectivity index (χ2n) is 4.98. The Morgan fingerprint density at radius 3 is 2.52 bits per heavy atom. The summed E-state index contributed by atoms with van der Waals surface area (Å²) in [5.74, 6) is -3.06.